The van der Waals surface area contributed by atoms with Gasteiger partial charge in [-0.1, -0.05) is 29.3 Å². The molecular weight excluding hydrogens is 262 g/mol. The Hall–Kier alpha value is -1.81. The molecule has 0 saturated carbocycles. The van der Waals surface area contributed by atoms with Crippen molar-refractivity contribution in [2.45, 2.75) is 26.9 Å². The number of aryl methyl sites for hydroxylation is 2. The zero-order valence-corrected chi connectivity index (χ0v) is 11.7. The number of nitrogens with zero attached hydrogens (tertiary/aromatic N) is 2. The van der Waals surface area contributed by atoms with E-state index in [1.165, 1.54) is 0 Å². The number of aromatic nitrogens is 2. The van der Waals surface area contributed by atoms with Crippen molar-refractivity contribution < 1.29 is 4.79 Å². The topological polar surface area (TPSA) is 46.9 Å². The van der Waals surface area contributed by atoms with Gasteiger partial charge in [0.15, 0.2) is 0 Å². The highest BCUT2D eigenvalue weighted by molar-refractivity contribution is 6.31. The van der Waals surface area contributed by atoms with Crippen LogP contribution in [0, 0.1) is 6.92 Å². The van der Waals surface area contributed by atoms with E-state index in [4.69, 9.17) is 11.6 Å². The second-order valence-electron chi connectivity index (χ2n) is 4.33. The van der Waals surface area contributed by atoms with Crippen molar-refractivity contribution in [3.8, 4) is 0 Å². The Bertz CT molecular complexity index is 592. The van der Waals surface area contributed by atoms with Gasteiger partial charge in [-0.25, -0.2) is 0 Å². The van der Waals surface area contributed by atoms with E-state index in [1.54, 1.807) is 16.9 Å². The molecule has 0 atom stereocenters. The zero-order valence-electron chi connectivity index (χ0n) is 11.0. The molecule has 0 saturated heterocycles. The Labute approximate surface area is 117 Å². The summed E-state index contributed by atoms with van der Waals surface area (Å²) in [5.74, 6) is -0.120. The second-order valence-corrected chi connectivity index (χ2v) is 4.74. The maximum absolute atomic E-state index is 12.0. The van der Waals surface area contributed by atoms with Crippen LogP contribution in [0.3, 0.4) is 0 Å². The lowest BCUT2D eigenvalue weighted by Gasteiger charge is -2.04. The van der Waals surface area contributed by atoms with E-state index in [-0.39, 0.29) is 5.91 Å². The first-order chi connectivity index (χ1) is 9.10. The molecule has 0 bridgehead atoms. The minimum atomic E-state index is -0.120. The van der Waals surface area contributed by atoms with Crippen LogP contribution < -0.4 is 5.32 Å². The SMILES string of the molecule is CCn1cc(Cl)c(CNC(=O)c2cccc(C)c2)n1. The van der Waals surface area contributed by atoms with Gasteiger partial charge >= 0.3 is 0 Å². The molecule has 19 heavy (non-hydrogen) atoms. The van der Waals surface area contributed by atoms with E-state index in [1.807, 2.05) is 32.0 Å². The Kier molecular flexibility index (Phi) is 4.22. The van der Waals surface area contributed by atoms with Gasteiger partial charge < -0.3 is 5.32 Å². The van der Waals surface area contributed by atoms with Gasteiger partial charge in [-0.15, -0.1) is 0 Å². The second kappa shape index (κ2) is 5.89. The predicted molar refractivity (Wildman–Crippen MR) is 75.3 cm³/mol. The number of halogens is 1. The highest BCUT2D eigenvalue weighted by Crippen LogP contribution is 2.13. The Morgan fingerprint density at radius 1 is 1.47 bits per heavy atom. The number of hydrogen-bond donors (Lipinski definition) is 1. The maximum Gasteiger partial charge on any atom is 0.251 e. The number of hydrogen-bond acceptors (Lipinski definition) is 2. The molecule has 100 valence electrons. The minimum Gasteiger partial charge on any atom is -0.346 e. The molecule has 0 aliphatic rings. The average Bonchev–Trinajstić information content (AvgIpc) is 2.76. The molecule has 4 nitrogen and oxygen atoms in total. The summed E-state index contributed by atoms with van der Waals surface area (Å²) in [6.07, 6.45) is 1.76. The molecule has 1 amide bonds. The van der Waals surface area contributed by atoms with Crippen molar-refractivity contribution in [2.24, 2.45) is 0 Å². The number of rotatable bonds is 4. The molecule has 5 heteroatoms. The van der Waals surface area contributed by atoms with E-state index in [0.29, 0.717) is 22.8 Å². The molecule has 1 heterocycles. The number of carbonyl (C=O) groups is 1. The number of carbonyl (C=O) groups excluding carboxylic acids is 1. The summed E-state index contributed by atoms with van der Waals surface area (Å²) in [7, 11) is 0. The molecule has 0 unspecified atom stereocenters. The molecule has 1 aromatic carbocycles. The molecule has 1 N–H and O–H groups in total. The Morgan fingerprint density at radius 2 is 2.26 bits per heavy atom. The summed E-state index contributed by atoms with van der Waals surface area (Å²) in [4.78, 5) is 12.0. The maximum atomic E-state index is 12.0. The van der Waals surface area contributed by atoms with Crippen molar-refractivity contribution >= 4 is 17.5 Å². The van der Waals surface area contributed by atoms with Gasteiger partial charge in [0.25, 0.3) is 5.91 Å². The summed E-state index contributed by atoms with van der Waals surface area (Å²) in [6.45, 7) is 5.03. The van der Waals surface area contributed by atoms with Crippen molar-refractivity contribution in [3.63, 3.8) is 0 Å². The molecule has 0 fully saturated rings. The lowest BCUT2D eigenvalue weighted by Crippen LogP contribution is -2.23. The predicted octanol–water partition coefficient (Wildman–Crippen LogP) is 2.79. The van der Waals surface area contributed by atoms with Crippen LogP contribution in [0.1, 0.15) is 28.5 Å². The van der Waals surface area contributed by atoms with Crippen LogP contribution in [0.25, 0.3) is 0 Å². The van der Waals surface area contributed by atoms with Crippen molar-refractivity contribution in [1.82, 2.24) is 15.1 Å². The molecule has 2 aromatic rings. The van der Waals surface area contributed by atoms with Gasteiger partial charge in [0, 0.05) is 18.3 Å². The van der Waals surface area contributed by atoms with E-state index in [2.05, 4.69) is 10.4 Å². The van der Waals surface area contributed by atoms with Gasteiger partial charge in [-0.3, -0.25) is 9.48 Å². The van der Waals surface area contributed by atoms with Crippen LogP contribution >= 0.6 is 11.6 Å². The van der Waals surface area contributed by atoms with Gasteiger partial charge in [-0.2, -0.15) is 5.10 Å². The fraction of sp³-hybridized carbons (Fsp3) is 0.286. The fourth-order valence-corrected chi connectivity index (χ4v) is 1.99. The number of amides is 1. The van der Waals surface area contributed by atoms with E-state index >= 15 is 0 Å². The van der Waals surface area contributed by atoms with E-state index in [0.717, 1.165) is 12.1 Å². The molecule has 0 aliphatic carbocycles. The fourth-order valence-electron chi connectivity index (χ4n) is 1.77. The third-order valence-corrected chi connectivity index (χ3v) is 3.12. The van der Waals surface area contributed by atoms with Crippen LogP contribution in [0.5, 0.6) is 0 Å². The zero-order chi connectivity index (χ0) is 13.8. The summed E-state index contributed by atoms with van der Waals surface area (Å²) in [6, 6.07) is 7.45. The molecule has 1 aromatic heterocycles. The quantitative estimate of drug-likeness (QED) is 0.934. The summed E-state index contributed by atoms with van der Waals surface area (Å²) in [5.41, 5.74) is 2.39. The Balaban J connectivity index is 2.02. The smallest absolute Gasteiger partial charge is 0.251 e. The average molecular weight is 278 g/mol. The first-order valence-corrected chi connectivity index (χ1v) is 6.54. The van der Waals surface area contributed by atoms with Crippen molar-refractivity contribution in [1.29, 1.82) is 0 Å². The van der Waals surface area contributed by atoms with E-state index in [9.17, 15) is 4.79 Å². The lowest BCUT2D eigenvalue weighted by atomic mass is 10.1. The number of nitrogens with one attached hydrogen (secondary N) is 1. The van der Waals surface area contributed by atoms with E-state index < -0.39 is 0 Å². The van der Waals surface area contributed by atoms with Gasteiger partial charge in [0.2, 0.25) is 0 Å². The van der Waals surface area contributed by atoms with Gasteiger partial charge in [0.05, 0.1) is 11.6 Å². The highest BCUT2D eigenvalue weighted by atomic mass is 35.5. The van der Waals surface area contributed by atoms with Crippen LogP contribution in [0.2, 0.25) is 5.02 Å². The van der Waals surface area contributed by atoms with Crippen LogP contribution in [-0.2, 0) is 13.1 Å². The molecule has 2 rings (SSSR count). The summed E-state index contributed by atoms with van der Waals surface area (Å²) >= 11 is 6.04. The summed E-state index contributed by atoms with van der Waals surface area (Å²) in [5, 5.41) is 7.68. The minimum absolute atomic E-state index is 0.120. The first kappa shape index (κ1) is 13.6. The number of benzene rings is 1. The van der Waals surface area contributed by atoms with Crippen LogP contribution in [0.4, 0.5) is 0 Å². The first-order valence-electron chi connectivity index (χ1n) is 6.17. The van der Waals surface area contributed by atoms with Crippen LogP contribution in [0.15, 0.2) is 30.5 Å². The van der Waals surface area contributed by atoms with Crippen LogP contribution in [-0.4, -0.2) is 15.7 Å². The van der Waals surface area contributed by atoms with Gasteiger partial charge in [0.1, 0.15) is 5.69 Å². The third-order valence-electron chi connectivity index (χ3n) is 2.81. The molecular formula is C14H16ClN3O. The largest absolute Gasteiger partial charge is 0.346 e. The summed E-state index contributed by atoms with van der Waals surface area (Å²) < 4.78 is 1.75. The lowest BCUT2D eigenvalue weighted by molar-refractivity contribution is 0.0950. The standard InChI is InChI=1S/C14H16ClN3O/c1-3-18-9-12(15)13(17-18)8-16-14(19)11-6-4-5-10(2)7-11/h4-7,9H,3,8H2,1-2H3,(H,16,19). The normalized spacial score (nSPS) is 10.5. The van der Waals surface area contributed by atoms with Crippen molar-refractivity contribution in [2.75, 3.05) is 0 Å². The van der Waals surface area contributed by atoms with Crippen molar-refractivity contribution in [3.05, 3.63) is 52.3 Å². The molecule has 0 radical (unpaired) electrons. The third kappa shape index (κ3) is 3.35. The Morgan fingerprint density at radius 3 is 2.89 bits per heavy atom. The molecule has 0 aliphatic heterocycles. The monoisotopic (exact) mass is 277 g/mol. The molecule has 0 spiro atoms. The highest BCUT2D eigenvalue weighted by Gasteiger charge is 2.09. The van der Waals surface area contributed by atoms with Gasteiger partial charge in [-0.05, 0) is 26.0 Å².